The average molecular weight is 214 g/mol. The van der Waals surface area contributed by atoms with E-state index in [2.05, 4.69) is 38.2 Å². The zero-order valence-corrected chi connectivity index (χ0v) is 11.2. The minimum Gasteiger partial charge on any atom is -0.314 e. The number of unbranched alkanes of at least 4 members (excludes halogenated alkanes) is 2. The minimum absolute atomic E-state index is 0.735. The van der Waals surface area contributed by atoms with Crippen LogP contribution in [0.3, 0.4) is 0 Å². The molecule has 0 amide bonds. The van der Waals surface area contributed by atoms with Gasteiger partial charge in [-0.15, -0.1) is 0 Å². The van der Waals surface area contributed by atoms with Gasteiger partial charge < -0.3 is 10.2 Å². The fraction of sp³-hybridized carbons (Fsp3) is 1.00. The van der Waals surface area contributed by atoms with Crippen molar-refractivity contribution in [2.24, 2.45) is 0 Å². The summed E-state index contributed by atoms with van der Waals surface area (Å²) < 4.78 is 0. The van der Waals surface area contributed by atoms with Gasteiger partial charge in [0.2, 0.25) is 0 Å². The molecule has 0 aromatic rings. The summed E-state index contributed by atoms with van der Waals surface area (Å²) in [6.45, 7) is 6.88. The molecule has 0 radical (unpaired) electrons. The summed E-state index contributed by atoms with van der Waals surface area (Å²) in [4.78, 5) is 2.28. The summed E-state index contributed by atoms with van der Waals surface area (Å²) in [7, 11) is 4.31. The van der Waals surface area contributed by atoms with Crippen LogP contribution in [0.15, 0.2) is 0 Å². The lowest BCUT2D eigenvalue weighted by atomic mass is 10.1. The van der Waals surface area contributed by atoms with Crippen molar-refractivity contribution in [3.05, 3.63) is 0 Å². The highest BCUT2D eigenvalue weighted by Gasteiger charge is 2.07. The molecule has 2 heteroatoms. The van der Waals surface area contributed by atoms with E-state index >= 15 is 0 Å². The Morgan fingerprint density at radius 3 is 2.27 bits per heavy atom. The van der Waals surface area contributed by atoms with Crippen molar-refractivity contribution in [2.45, 2.75) is 58.4 Å². The van der Waals surface area contributed by atoms with Crippen molar-refractivity contribution < 1.29 is 0 Å². The van der Waals surface area contributed by atoms with Gasteiger partial charge in [-0.05, 0) is 46.4 Å². The molecular weight excluding hydrogens is 184 g/mol. The summed E-state index contributed by atoms with van der Waals surface area (Å²) in [5, 5.41) is 3.66. The van der Waals surface area contributed by atoms with E-state index in [1.165, 1.54) is 51.6 Å². The largest absolute Gasteiger partial charge is 0.314 e. The summed E-state index contributed by atoms with van der Waals surface area (Å²) >= 11 is 0. The van der Waals surface area contributed by atoms with E-state index in [0.29, 0.717) is 0 Å². The molecule has 0 rings (SSSR count). The molecule has 2 nitrogen and oxygen atoms in total. The van der Waals surface area contributed by atoms with Crippen LogP contribution in [-0.4, -0.2) is 38.1 Å². The van der Waals surface area contributed by atoms with Gasteiger partial charge in [0.15, 0.2) is 0 Å². The lowest BCUT2D eigenvalue weighted by Crippen LogP contribution is -2.32. The number of hydrogen-bond acceptors (Lipinski definition) is 2. The van der Waals surface area contributed by atoms with E-state index in [9.17, 15) is 0 Å². The molecule has 0 bridgehead atoms. The Balaban J connectivity index is 3.63. The fourth-order valence-corrected chi connectivity index (χ4v) is 1.75. The molecular formula is C13H30N2. The van der Waals surface area contributed by atoms with Gasteiger partial charge in [0.25, 0.3) is 0 Å². The zero-order chi connectivity index (χ0) is 11.5. The topological polar surface area (TPSA) is 15.3 Å². The van der Waals surface area contributed by atoms with Gasteiger partial charge in [-0.3, -0.25) is 0 Å². The summed E-state index contributed by atoms with van der Waals surface area (Å²) in [6, 6.07) is 0.735. The zero-order valence-electron chi connectivity index (χ0n) is 11.2. The number of nitrogens with zero attached hydrogens (tertiary/aromatic N) is 1. The van der Waals surface area contributed by atoms with Gasteiger partial charge >= 0.3 is 0 Å². The average Bonchev–Trinajstić information content (AvgIpc) is 2.21. The van der Waals surface area contributed by atoms with Crippen LogP contribution in [0.1, 0.15) is 52.4 Å². The van der Waals surface area contributed by atoms with E-state index in [0.717, 1.165) is 6.04 Å². The van der Waals surface area contributed by atoms with Crippen molar-refractivity contribution in [1.82, 2.24) is 10.2 Å². The second kappa shape index (κ2) is 10.4. The first-order valence-electron chi connectivity index (χ1n) is 6.58. The number of hydrogen-bond donors (Lipinski definition) is 1. The van der Waals surface area contributed by atoms with Crippen molar-refractivity contribution in [2.75, 3.05) is 27.2 Å². The minimum atomic E-state index is 0.735. The first-order valence-corrected chi connectivity index (χ1v) is 6.58. The number of nitrogens with one attached hydrogen (secondary N) is 1. The summed E-state index contributed by atoms with van der Waals surface area (Å²) in [5.74, 6) is 0. The van der Waals surface area contributed by atoms with Crippen molar-refractivity contribution in [3.63, 3.8) is 0 Å². The van der Waals surface area contributed by atoms with E-state index < -0.39 is 0 Å². The van der Waals surface area contributed by atoms with Crippen molar-refractivity contribution >= 4 is 0 Å². The second-order valence-corrected chi connectivity index (χ2v) is 4.74. The van der Waals surface area contributed by atoms with Gasteiger partial charge in [-0.25, -0.2) is 0 Å². The monoisotopic (exact) mass is 214 g/mol. The molecule has 0 fully saturated rings. The molecule has 0 spiro atoms. The third-order valence-corrected chi connectivity index (χ3v) is 2.76. The lowest BCUT2D eigenvalue weighted by Gasteiger charge is -2.20. The molecule has 0 saturated carbocycles. The smallest absolute Gasteiger partial charge is 0.00792 e. The number of rotatable bonds is 10. The highest BCUT2D eigenvalue weighted by atomic mass is 15.1. The first kappa shape index (κ1) is 14.9. The molecule has 1 N–H and O–H groups in total. The maximum Gasteiger partial charge on any atom is 0.00792 e. The first-order chi connectivity index (χ1) is 7.20. The second-order valence-electron chi connectivity index (χ2n) is 4.74. The van der Waals surface area contributed by atoms with Crippen LogP contribution in [0.2, 0.25) is 0 Å². The Bertz CT molecular complexity index is 124. The quantitative estimate of drug-likeness (QED) is 0.563. The Kier molecular flexibility index (Phi) is 10.4. The predicted octanol–water partition coefficient (Wildman–Crippen LogP) is 2.89. The van der Waals surface area contributed by atoms with Crippen LogP contribution in [0.4, 0.5) is 0 Å². The molecule has 15 heavy (non-hydrogen) atoms. The van der Waals surface area contributed by atoms with E-state index in [1.54, 1.807) is 0 Å². The van der Waals surface area contributed by atoms with Gasteiger partial charge in [-0.1, -0.05) is 33.1 Å². The van der Waals surface area contributed by atoms with Crippen LogP contribution < -0.4 is 5.32 Å². The third kappa shape index (κ3) is 10.2. The fourth-order valence-electron chi connectivity index (χ4n) is 1.75. The summed E-state index contributed by atoms with van der Waals surface area (Å²) in [6.07, 6.45) is 7.97. The van der Waals surface area contributed by atoms with Crippen LogP contribution in [-0.2, 0) is 0 Å². The van der Waals surface area contributed by atoms with Crippen LogP contribution in [0, 0.1) is 0 Å². The Hall–Kier alpha value is -0.0800. The van der Waals surface area contributed by atoms with Crippen LogP contribution >= 0.6 is 0 Å². The predicted molar refractivity (Wildman–Crippen MR) is 69.4 cm³/mol. The van der Waals surface area contributed by atoms with E-state index in [1.807, 2.05) is 0 Å². The van der Waals surface area contributed by atoms with Gasteiger partial charge in [0.05, 0.1) is 0 Å². The SMILES string of the molecule is CCCCCC(CCN(C)C)NCCC. The molecule has 92 valence electrons. The van der Waals surface area contributed by atoms with Crippen molar-refractivity contribution in [1.29, 1.82) is 0 Å². The lowest BCUT2D eigenvalue weighted by molar-refractivity contribution is 0.344. The van der Waals surface area contributed by atoms with Crippen LogP contribution in [0.5, 0.6) is 0 Å². The van der Waals surface area contributed by atoms with Gasteiger partial charge in [0, 0.05) is 6.04 Å². The molecule has 0 saturated heterocycles. The Morgan fingerprint density at radius 2 is 1.73 bits per heavy atom. The van der Waals surface area contributed by atoms with Gasteiger partial charge in [0.1, 0.15) is 0 Å². The molecule has 0 aromatic carbocycles. The molecule has 1 atom stereocenters. The molecule has 1 unspecified atom stereocenters. The van der Waals surface area contributed by atoms with E-state index in [4.69, 9.17) is 0 Å². The van der Waals surface area contributed by atoms with Gasteiger partial charge in [-0.2, -0.15) is 0 Å². The van der Waals surface area contributed by atoms with E-state index in [-0.39, 0.29) is 0 Å². The highest BCUT2D eigenvalue weighted by molar-refractivity contribution is 4.68. The summed E-state index contributed by atoms with van der Waals surface area (Å²) in [5.41, 5.74) is 0. The third-order valence-electron chi connectivity index (χ3n) is 2.76. The maximum absolute atomic E-state index is 3.66. The Morgan fingerprint density at radius 1 is 1.00 bits per heavy atom. The maximum atomic E-state index is 3.66. The van der Waals surface area contributed by atoms with Crippen molar-refractivity contribution in [3.8, 4) is 0 Å². The standard InChI is InChI=1S/C13H30N2/c1-5-7-8-9-13(14-11-6-2)10-12-15(3)4/h13-14H,5-12H2,1-4H3. The highest BCUT2D eigenvalue weighted by Crippen LogP contribution is 2.07. The van der Waals surface area contributed by atoms with Crippen LogP contribution in [0.25, 0.3) is 0 Å². The molecule has 0 aliphatic rings. The molecule has 0 aromatic heterocycles. The Labute approximate surface area is 96.4 Å². The molecule has 0 heterocycles. The normalized spacial score (nSPS) is 13.4. The molecule has 0 aliphatic carbocycles. The molecule has 0 aliphatic heterocycles.